The van der Waals surface area contributed by atoms with Crippen molar-refractivity contribution < 1.29 is 17.6 Å². The highest BCUT2D eigenvalue weighted by molar-refractivity contribution is 7.86. The average Bonchev–Trinajstić information content (AvgIpc) is 3.23. The lowest BCUT2D eigenvalue weighted by molar-refractivity contribution is 0.0848. The number of piperidine rings is 1. The fourth-order valence-electron chi connectivity index (χ4n) is 3.59. The van der Waals surface area contributed by atoms with Crippen LogP contribution in [0.5, 0.6) is 0 Å². The Morgan fingerprint density at radius 1 is 1.30 bits per heavy atom. The Labute approximate surface area is 138 Å². The fourth-order valence-corrected chi connectivity index (χ4v) is 5.53. The maximum atomic E-state index is 13.1. The Bertz CT molecular complexity index is 587. The molecule has 0 unspecified atom stereocenters. The third kappa shape index (κ3) is 3.63. The molecule has 0 aromatic carbocycles. The molecule has 0 radical (unpaired) electrons. The van der Waals surface area contributed by atoms with Crippen LogP contribution >= 0.6 is 0 Å². The fraction of sp³-hybridized carbons (Fsp3) is 0.750. The molecule has 3 heterocycles. The molecule has 3 rings (SSSR count). The van der Waals surface area contributed by atoms with E-state index in [-0.39, 0.29) is 6.04 Å². The largest absolute Gasteiger partial charge is 0.468 e. The maximum Gasteiger partial charge on any atom is 0.282 e. The molecule has 0 amide bonds. The molecule has 0 N–H and O–H groups in total. The first kappa shape index (κ1) is 17.0. The highest BCUT2D eigenvalue weighted by atomic mass is 32.2. The Morgan fingerprint density at radius 2 is 2.13 bits per heavy atom. The van der Waals surface area contributed by atoms with E-state index in [0.717, 1.165) is 31.4 Å². The predicted molar refractivity (Wildman–Crippen MR) is 87.1 cm³/mol. The Kier molecular flexibility index (Phi) is 5.41. The highest BCUT2D eigenvalue weighted by Gasteiger charge is 2.41. The van der Waals surface area contributed by atoms with Crippen LogP contribution in [-0.4, -0.2) is 49.9 Å². The van der Waals surface area contributed by atoms with Gasteiger partial charge in [0.05, 0.1) is 18.9 Å². The van der Waals surface area contributed by atoms with E-state index in [1.165, 1.54) is 0 Å². The van der Waals surface area contributed by atoms with Gasteiger partial charge in [0.25, 0.3) is 10.2 Å². The summed E-state index contributed by atoms with van der Waals surface area (Å²) in [5, 5.41) is 0. The molecule has 0 aliphatic carbocycles. The molecular weight excluding hydrogens is 316 g/mol. The average molecular weight is 342 g/mol. The second-order valence-electron chi connectivity index (χ2n) is 6.32. The van der Waals surface area contributed by atoms with Crippen LogP contribution in [0.25, 0.3) is 0 Å². The third-order valence-corrected chi connectivity index (χ3v) is 6.75. The van der Waals surface area contributed by atoms with Gasteiger partial charge < -0.3 is 9.15 Å². The van der Waals surface area contributed by atoms with Crippen molar-refractivity contribution in [3.05, 3.63) is 24.2 Å². The summed E-state index contributed by atoms with van der Waals surface area (Å²) in [5.74, 6) is 1.04. The monoisotopic (exact) mass is 342 g/mol. The minimum atomic E-state index is -3.44. The number of ether oxygens (including phenoxy) is 1. The summed E-state index contributed by atoms with van der Waals surface area (Å²) in [7, 11) is -3.44. The summed E-state index contributed by atoms with van der Waals surface area (Å²) in [6.45, 7) is 5.02. The molecule has 7 heteroatoms. The molecule has 2 saturated heterocycles. The zero-order valence-corrected chi connectivity index (χ0v) is 14.5. The van der Waals surface area contributed by atoms with Crippen molar-refractivity contribution in [1.29, 1.82) is 0 Å². The second-order valence-corrected chi connectivity index (χ2v) is 8.20. The topological polar surface area (TPSA) is 63.0 Å². The van der Waals surface area contributed by atoms with Gasteiger partial charge in [-0.15, -0.1) is 0 Å². The molecule has 2 aliphatic rings. The summed E-state index contributed by atoms with van der Waals surface area (Å²) in [6, 6.07) is 3.52. The lowest BCUT2D eigenvalue weighted by atomic mass is 10.0. The summed E-state index contributed by atoms with van der Waals surface area (Å²) in [4.78, 5) is 0. The van der Waals surface area contributed by atoms with Gasteiger partial charge in [-0.3, -0.25) is 0 Å². The van der Waals surface area contributed by atoms with Gasteiger partial charge in [-0.25, -0.2) is 0 Å². The first-order chi connectivity index (χ1) is 11.1. The number of hydrogen-bond acceptors (Lipinski definition) is 4. The van der Waals surface area contributed by atoms with E-state index in [1.807, 2.05) is 19.1 Å². The van der Waals surface area contributed by atoms with E-state index in [0.29, 0.717) is 38.8 Å². The lowest BCUT2D eigenvalue weighted by Gasteiger charge is -2.35. The van der Waals surface area contributed by atoms with Gasteiger partial charge in [-0.1, -0.05) is 0 Å². The standard InChI is InChI=1S/C16H26N2O4S/c1-2-21-13-14-6-3-9-17(12-14)23(19,20)18-10-4-7-15(18)16-8-5-11-22-16/h5,8,11,14-15H,2-4,6-7,9-10,12-13H2,1H3/t14-,15-/m1/s1. The third-order valence-electron chi connectivity index (χ3n) is 4.74. The van der Waals surface area contributed by atoms with Gasteiger partial charge in [0, 0.05) is 26.2 Å². The summed E-state index contributed by atoms with van der Waals surface area (Å²) < 4.78 is 40.4. The van der Waals surface area contributed by atoms with Crippen molar-refractivity contribution in [1.82, 2.24) is 8.61 Å². The van der Waals surface area contributed by atoms with Crippen LogP contribution in [0.3, 0.4) is 0 Å². The van der Waals surface area contributed by atoms with E-state index >= 15 is 0 Å². The van der Waals surface area contributed by atoms with Gasteiger partial charge in [0.1, 0.15) is 5.76 Å². The second kappa shape index (κ2) is 7.34. The van der Waals surface area contributed by atoms with E-state index in [9.17, 15) is 8.42 Å². The van der Waals surface area contributed by atoms with Gasteiger partial charge >= 0.3 is 0 Å². The van der Waals surface area contributed by atoms with Crippen molar-refractivity contribution in [2.75, 3.05) is 32.8 Å². The summed E-state index contributed by atoms with van der Waals surface area (Å²) in [6.07, 6.45) is 5.24. The molecule has 0 spiro atoms. The molecule has 2 fully saturated rings. The Balaban J connectivity index is 1.72. The molecule has 130 valence electrons. The zero-order valence-electron chi connectivity index (χ0n) is 13.7. The normalized spacial score (nSPS) is 27.5. The van der Waals surface area contributed by atoms with Crippen molar-refractivity contribution in [2.24, 2.45) is 5.92 Å². The van der Waals surface area contributed by atoms with Gasteiger partial charge in [-0.05, 0) is 50.7 Å². The van der Waals surface area contributed by atoms with Crippen molar-refractivity contribution >= 4 is 10.2 Å². The minimum Gasteiger partial charge on any atom is -0.468 e. The van der Waals surface area contributed by atoms with Crippen LogP contribution in [0, 0.1) is 5.92 Å². The molecular formula is C16H26N2O4S. The van der Waals surface area contributed by atoms with Crippen molar-refractivity contribution in [3.8, 4) is 0 Å². The molecule has 1 aromatic heterocycles. The van der Waals surface area contributed by atoms with Crippen LogP contribution in [0.1, 0.15) is 44.4 Å². The predicted octanol–water partition coefficient (Wildman–Crippen LogP) is 2.41. The molecule has 2 aliphatic heterocycles. The van der Waals surface area contributed by atoms with Gasteiger partial charge in [-0.2, -0.15) is 17.0 Å². The number of nitrogens with zero attached hydrogens (tertiary/aromatic N) is 2. The zero-order chi connectivity index (χ0) is 16.3. The van der Waals surface area contributed by atoms with Crippen LogP contribution in [0.15, 0.2) is 22.8 Å². The summed E-state index contributed by atoms with van der Waals surface area (Å²) >= 11 is 0. The molecule has 1 aromatic rings. The number of furan rings is 1. The number of hydrogen-bond donors (Lipinski definition) is 0. The maximum absolute atomic E-state index is 13.1. The van der Waals surface area contributed by atoms with Crippen LogP contribution < -0.4 is 0 Å². The van der Waals surface area contributed by atoms with E-state index < -0.39 is 10.2 Å². The smallest absolute Gasteiger partial charge is 0.282 e. The minimum absolute atomic E-state index is 0.165. The Hall–Kier alpha value is -0.890. The van der Waals surface area contributed by atoms with Crippen LogP contribution in [0.4, 0.5) is 0 Å². The van der Waals surface area contributed by atoms with Gasteiger partial charge in [0.15, 0.2) is 0 Å². The first-order valence-electron chi connectivity index (χ1n) is 8.51. The molecule has 0 bridgehead atoms. The Morgan fingerprint density at radius 3 is 2.87 bits per heavy atom. The molecule has 2 atom stereocenters. The van der Waals surface area contributed by atoms with Gasteiger partial charge in [0.2, 0.25) is 0 Å². The molecule has 23 heavy (non-hydrogen) atoms. The molecule has 0 saturated carbocycles. The number of rotatable bonds is 6. The highest BCUT2D eigenvalue weighted by Crippen LogP contribution is 2.36. The quantitative estimate of drug-likeness (QED) is 0.796. The van der Waals surface area contributed by atoms with Crippen molar-refractivity contribution in [3.63, 3.8) is 0 Å². The molecule has 6 nitrogen and oxygen atoms in total. The van der Waals surface area contributed by atoms with E-state index in [1.54, 1.807) is 14.9 Å². The SMILES string of the molecule is CCOC[C@@H]1CCCN(S(=O)(=O)N2CCC[C@@H]2c2ccco2)C1. The lowest BCUT2D eigenvalue weighted by Crippen LogP contribution is -2.48. The van der Waals surface area contributed by atoms with E-state index in [4.69, 9.17) is 9.15 Å². The first-order valence-corrected chi connectivity index (χ1v) is 9.90. The van der Waals surface area contributed by atoms with Crippen LogP contribution in [0.2, 0.25) is 0 Å². The van der Waals surface area contributed by atoms with Crippen LogP contribution in [-0.2, 0) is 14.9 Å². The van der Waals surface area contributed by atoms with E-state index in [2.05, 4.69) is 0 Å². The van der Waals surface area contributed by atoms with Crippen molar-refractivity contribution in [2.45, 2.75) is 38.6 Å². The summed E-state index contributed by atoms with van der Waals surface area (Å²) in [5.41, 5.74) is 0.